The number of ether oxygens (including phenoxy) is 2. The van der Waals surface area contributed by atoms with Gasteiger partial charge in [-0.25, -0.2) is 17.9 Å². The Morgan fingerprint density at radius 1 is 1.17 bits per heavy atom. The van der Waals surface area contributed by atoms with Crippen LogP contribution in [0, 0.1) is 0 Å². The maximum Gasteiger partial charge on any atom is 0.347 e. The van der Waals surface area contributed by atoms with Crippen molar-refractivity contribution >= 4 is 16.0 Å². The lowest BCUT2D eigenvalue weighted by Crippen LogP contribution is -2.43. The summed E-state index contributed by atoms with van der Waals surface area (Å²) in [6.07, 6.45) is -1.13. The fourth-order valence-corrected chi connectivity index (χ4v) is 5.30. The van der Waals surface area contributed by atoms with E-state index in [-0.39, 0.29) is 17.1 Å². The van der Waals surface area contributed by atoms with Crippen LogP contribution < -0.4 is 14.2 Å². The first kappa shape index (κ1) is 20.6. The maximum atomic E-state index is 12.8. The Kier molecular flexibility index (Phi) is 5.00. The third-order valence-electron chi connectivity index (χ3n) is 5.54. The number of carbonyl (C=O) groups is 1. The van der Waals surface area contributed by atoms with E-state index in [2.05, 4.69) is 4.72 Å². The number of nitrogens with one attached hydrogen (secondary N) is 1. The minimum atomic E-state index is -3.84. The van der Waals surface area contributed by atoms with Crippen LogP contribution in [0.4, 0.5) is 0 Å². The molecule has 0 amide bonds. The molecule has 8 nitrogen and oxygen atoms in total. The molecule has 3 N–H and O–H groups in total. The van der Waals surface area contributed by atoms with Gasteiger partial charge in [-0.15, -0.1) is 0 Å². The Morgan fingerprint density at radius 2 is 1.87 bits per heavy atom. The van der Waals surface area contributed by atoms with Crippen LogP contribution in [0.15, 0.2) is 53.4 Å². The van der Waals surface area contributed by atoms with Crippen molar-refractivity contribution in [3.8, 4) is 11.5 Å². The number of rotatable bonds is 6. The SMILES string of the molecule is CC(C)(Oc1cccc2c1OC1CC(O)C(NS(=O)(=O)c3ccccc3)C21)C(=O)O. The van der Waals surface area contributed by atoms with Crippen molar-refractivity contribution in [1.29, 1.82) is 0 Å². The molecule has 1 aliphatic carbocycles. The van der Waals surface area contributed by atoms with E-state index in [0.29, 0.717) is 11.3 Å². The Labute approximate surface area is 174 Å². The van der Waals surface area contributed by atoms with Gasteiger partial charge in [0, 0.05) is 17.9 Å². The molecule has 2 aromatic rings. The van der Waals surface area contributed by atoms with Crippen LogP contribution >= 0.6 is 0 Å². The average Bonchev–Trinajstić information content (AvgIpc) is 3.19. The molecule has 30 heavy (non-hydrogen) atoms. The normalized spacial score (nSPS) is 25.3. The molecule has 1 fully saturated rings. The standard InChI is InChI=1S/C21H23NO7S/c1-21(2,20(24)25)29-15-10-6-9-13-17-16(28-19(13)15)11-14(23)18(17)22-30(26,27)12-7-4-3-5-8-12/h3-10,14,16-18,22-23H,11H2,1-2H3,(H,24,25). The first-order valence-corrected chi connectivity index (χ1v) is 11.1. The highest BCUT2D eigenvalue weighted by atomic mass is 32.2. The lowest BCUT2D eigenvalue weighted by atomic mass is 9.94. The molecule has 0 saturated heterocycles. The zero-order valence-corrected chi connectivity index (χ0v) is 17.3. The van der Waals surface area contributed by atoms with Gasteiger partial charge in [0.2, 0.25) is 10.0 Å². The van der Waals surface area contributed by atoms with E-state index in [9.17, 15) is 23.4 Å². The fraction of sp³-hybridized carbons (Fsp3) is 0.381. The van der Waals surface area contributed by atoms with Crippen LogP contribution in [0.2, 0.25) is 0 Å². The van der Waals surface area contributed by atoms with Crippen LogP contribution in [-0.4, -0.2) is 48.5 Å². The van der Waals surface area contributed by atoms with Crippen LogP contribution in [0.5, 0.6) is 11.5 Å². The summed E-state index contributed by atoms with van der Waals surface area (Å²) in [5, 5.41) is 19.9. The topological polar surface area (TPSA) is 122 Å². The smallest absolute Gasteiger partial charge is 0.347 e. The highest BCUT2D eigenvalue weighted by Gasteiger charge is 2.52. The van der Waals surface area contributed by atoms with Crippen molar-refractivity contribution in [1.82, 2.24) is 4.72 Å². The third kappa shape index (κ3) is 3.53. The minimum Gasteiger partial charge on any atom is -0.485 e. The van der Waals surface area contributed by atoms with Crippen molar-refractivity contribution in [2.45, 2.75) is 54.9 Å². The van der Waals surface area contributed by atoms with Crippen molar-refractivity contribution in [3.63, 3.8) is 0 Å². The van der Waals surface area contributed by atoms with Gasteiger partial charge in [0.25, 0.3) is 0 Å². The molecule has 160 valence electrons. The molecule has 9 heteroatoms. The van der Waals surface area contributed by atoms with E-state index in [0.717, 1.165) is 0 Å². The number of hydrogen-bond acceptors (Lipinski definition) is 6. The summed E-state index contributed by atoms with van der Waals surface area (Å²) in [4.78, 5) is 11.5. The summed E-state index contributed by atoms with van der Waals surface area (Å²) >= 11 is 0. The molecular weight excluding hydrogens is 410 g/mol. The van der Waals surface area contributed by atoms with Crippen LogP contribution in [0.1, 0.15) is 31.7 Å². The zero-order chi connectivity index (χ0) is 21.7. The molecule has 0 aromatic heterocycles. The fourth-order valence-electron chi connectivity index (χ4n) is 3.99. The number of aliphatic hydroxyl groups excluding tert-OH is 1. The van der Waals surface area contributed by atoms with Crippen molar-refractivity contribution in [2.24, 2.45) is 0 Å². The number of aliphatic carboxylic acids is 1. The van der Waals surface area contributed by atoms with Gasteiger partial charge >= 0.3 is 5.97 Å². The lowest BCUT2D eigenvalue weighted by Gasteiger charge is -2.24. The van der Waals surface area contributed by atoms with Crippen molar-refractivity contribution < 1.29 is 32.9 Å². The summed E-state index contributed by atoms with van der Waals surface area (Å²) in [7, 11) is -3.84. The number of fused-ring (bicyclic) bond motifs is 3. The number of para-hydroxylation sites is 1. The van der Waals surface area contributed by atoms with Crippen LogP contribution in [0.3, 0.4) is 0 Å². The summed E-state index contributed by atoms with van der Waals surface area (Å²) in [6, 6.07) is 12.3. The first-order valence-electron chi connectivity index (χ1n) is 9.57. The second-order valence-corrected chi connectivity index (χ2v) is 9.75. The quantitative estimate of drug-likeness (QED) is 0.636. The third-order valence-corrected chi connectivity index (χ3v) is 7.01. The second kappa shape index (κ2) is 7.26. The number of carboxylic acid groups (broad SMARTS) is 1. The maximum absolute atomic E-state index is 12.8. The lowest BCUT2D eigenvalue weighted by molar-refractivity contribution is -0.152. The van der Waals surface area contributed by atoms with Gasteiger partial charge in [0.05, 0.1) is 17.0 Å². The summed E-state index contributed by atoms with van der Waals surface area (Å²) in [5.74, 6) is -0.890. The van der Waals surface area contributed by atoms with Gasteiger partial charge < -0.3 is 19.7 Å². The van der Waals surface area contributed by atoms with Gasteiger partial charge in [-0.1, -0.05) is 30.3 Å². The number of carboxylic acids is 1. The van der Waals surface area contributed by atoms with Gasteiger partial charge in [-0.3, -0.25) is 0 Å². The Morgan fingerprint density at radius 3 is 2.53 bits per heavy atom. The largest absolute Gasteiger partial charge is 0.485 e. The molecule has 0 spiro atoms. The van der Waals surface area contributed by atoms with Crippen molar-refractivity contribution in [3.05, 3.63) is 54.1 Å². The molecule has 0 radical (unpaired) electrons. The second-order valence-electron chi connectivity index (χ2n) is 8.04. The monoisotopic (exact) mass is 433 g/mol. The molecule has 1 heterocycles. The molecule has 4 atom stereocenters. The Bertz CT molecular complexity index is 1070. The number of benzene rings is 2. The van der Waals surface area contributed by atoms with E-state index < -0.39 is 45.8 Å². The van der Waals surface area contributed by atoms with E-state index in [1.54, 1.807) is 36.4 Å². The van der Waals surface area contributed by atoms with Gasteiger partial charge in [-0.05, 0) is 32.0 Å². The molecule has 4 rings (SSSR count). The molecule has 4 unspecified atom stereocenters. The molecule has 1 aliphatic heterocycles. The van der Waals surface area contributed by atoms with E-state index in [4.69, 9.17) is 9.47 Å². The Balaban J connectivity index is 1.65. The molecule has 2 aromatic carbocycles. The first-order chi connectivity index (χ1) is 14.1. The highest BCUT2D eigenvalue weighted by molar-refractivity contribution is 7.89. The van der Waals surface area contributed by atoms with E-state index >= 15 is 0 Å². The predicted molar refractivity (Wildman–Crippen MR) is 107 cm³/mol. The summed E-state index contributed by atoms with van der Waals surface area (Å²) in [5.41, 5.74) is -0.791. The minimum absolute atomic E-state index is 0.111. The van der Waals surface area contributed by atoms with Crippen LogP contribution in [-0.2, 0) is 14.8 Å². The number of sulfonamides is 1. The van der Waals surface area contributed by atoms with E-state index in [1.807, 2.05) is 0 Å². The van der Waals surface area contributed by atoms with Crippen molar-refractivity contribution in [2.75, 3.05) is 0 Å². The van der Waals surface area contributed by atoms with Gasteiger partial charge in [0.1, 0.15) is 6.10 Å². The molecule has 0 bridgehead atoms. The predicted octanol–water partition coefficient (Wildman–Crippen LogP) is 1.88. The zero-order valence-electron chi connectivity index (χ0n) is 16.5. The van der Waals surface area contributed by atoms with Gasteiger partial charge in [0.15, 0.2) is 17.1 Å². The van der Waals surface area contributed by atoms with E-state index in [1.165, 1.54) is 26.0 Å². The molecule has 1 saturated carbocycles. The number of aliphatic hydroxyl groups is 1. The highest BCUT2D eigenvalue weighted by Crippen LogP contribution is 2.51. The molecule has 2 aliphatic rings. The average molecular weight is 433 g/mol. The summed E-state index contributed by atoms with van der Waals surface area (Å²) in [6.45, 7) is 2.87. The van der Waals surface area contributed by atoms with Gasteiger partial charge in [-0.2, -0.15) is 0 Å². The van der Waals surface area contributed by atoms with Crippen LogP contribution in [0.25, 0.3) is 0 Å². The molecular formula is C21H23NO7S. The number of hydrogen-bond donors (Lipinski definition) is 3. The summed E-state index contributed by atoms with van der Waals surface area (Å²) < 4.78 is 39.9. The Hall–Kier alpha value is -2.62.